The predicted molar refractivity (Wildman–Crippen MR) is 96.1 cm³/mol. The number of sulfonamides is 1. The fourth-order valence-electron chi connectivity index (χ4n) is 1.60. The van der Waals surface area contributed by atoms with E-state index in [4.69, 9.17) is 5.11 Å². The minimum atomic E-state index is -3.82. The Kier molecular flexibility index (Phi) is 5.09. The van der Waals surface area contributed by atoms with E-state index in [9.17, 15) is 13.2 Å². The van der Waals surface area contributed by atoms with Crippen molar-refractivity contribution in [1.82, 2.24) is 0 Å². The standard InChI is InChI=1S/C13H9I2NO4S/c14-8-2-1-3-9(6-8)16-21(19,20)10-4-5-12(15)11(7-10)13(17)18/h1-7,16H,(H,17,18). The quantitative estimate of drug-likeness (QED) is 0.596. The Labute approximate surface area is 149 Å². The third-order valence-corrected chi connectivity index (χ3v) is 5.55. The van der Waals surface area contributed by atoms with Crippen molar-refractivity contribution in [2.45, 2.75) is 4.90 Å². The molecule has 0 aliphatic carbocycles. The first kappa shape index (κ1) is 16.5. The van der Waals surface area contributed by atoms with E-state index in [1.807, 2.05) is 28.7 Å². The van der Waals surface area contributed by atoms with Gasteiger partial charge < -0.3 is 5.11 Å². The second kappa shape index (κ2) is 6.48. The zero-order valence-electron chi connectivity index (χ0n) is 10.4. The molecule has 110 valence electrons. The van der Waals surface area contributed by atoms with Gasteiger partial charge in [0.15, 0.2) is 0 Å². The van der Waals surface area contributed by atoms with Gasteiger partial charge in [-0.25, -0.2) is 13.2 Å². The summed E-state index contributed by atoms with van der Waals surface area (Å²) in [7, 11) is -3.82. The summed E-state index contributed by atoms with van der Waals surface area (Å²) in [5.74, 6) is -1.16. The molecule has 0 aromatic heterocycles. The highest BCUT2D eigenvalue weighted by Gasteiger charge is 2.18. The SMILES string of the molecule is O=C(O)c1cc(S(=O)(=O)Nc2cccc(I)c2)ccc1I. The molecule has 0 unspecified atom stereocenters. The van der Waals surface area contributed by atoms with Gasteiger partial charge >= 0.3 is 5.97 Å². The molecule has 2 rings (SSSR count). The summed E-state index contributed by atoms with van der Waals surface area (Å²) in [5, 5.41) is 9.06. The Hall–Kier alpha value is -0.880. The van der Waals surface area contributed by atoms with Gasteiger partial charge in [0, 0.05) is 12.8 Å². The summed E-state index contributed by atoms with van der Waals surface area (Å²) < 4.78 is 28.4. The van der Waals surface area contributed by atoms with Crippen LogP contribution in [0.15, 0.2) is 47.4 Å². The molecule has 2 aromatic rings. The first-order chi connectivity index (χ1) is 9.79. The van der Waals surface area contributed by atoms with Gasteiger partial charge in [0.2, 0.25) is 0 Å². The average molecular weight is 529 g/mol. The number of carboxylic acid groups (broad SMARTS) is 1. The number of anilines is 1. The molecular formula is C13H9I2NO4S. The van der Waals surface area contributed by atoms with Gasteiger partial charge in [0.25, 0.3) is 10.0 Å². The third kappa shape index (κ3) is 4.07. The van der Waals surface area contributed by atoms with Crippen LogP contribution >= 0.6 is 45.2 Å². The molecule has 0 spiro atoms. The molecule has 0 bridgehead atoms. The van der Waals surface area contributed by atoms with Crippen LogP contribution in [0.1, 0.15) is 10.4 Å². The van der Waals surface area contributed by atoms with Crippen LogP contribution in [0.3, 0.4) is 0 Å². The summed E-state index contributed by atoms with van der Waals surface area (Å²) in [6.45, 7) is 0. The van der Waals surface area contributed by atoms with Crippen LogP contribution in [0.5, 0.6) is 0 Å². The van der Waals surface area contributed by atoms with Crippen LogP contribution in [0.4, 0.5) is 5.69 Å². The number of rotatable bonds is 4. The van der Waals surface area contributed by atoms with E-state index in [-0.39, 0.29) is 10.5 Å². The highest BCUT2D eigenvalue weighted by atomic mass is 127. The summed E-state index contributed by atoms with van der Waals surface area (Å²) in [4.78, 5) is 11.0. The highest BCUT2D eigenvalue weighted by Crippen LogP contribution is 2.21. The molecule has 0 aliphatic heterocycles. The third-order valence-electron chi connectivity index (χ3n) is 2.56. The Morgan fingerprint density at radius 3 is 2.43 bits per heavy atom. The normalized spacial score (nSPS) is 11.1. The van der Waals surface area contributed by atoms with Gasteiger partial charge in [-0.1, -0.05) is 6.07 Å². The van der Waals surface area contributed by atoms with Crippen LogP contribution in [0, 0.1) is 7.14 Å². The Morgan fingerprint density at radius 1 is 1.10 bits per heavy atom. The fourth-order valence-corrected chi connectivity index (χ4v) is 3.79. The molecule has 5 nitrogen and oxygen atoms in total. The Balaban J connectivity index is 2.40. The van der Waals surface area contributed by atoms with Crippen molar-refractivity contribution in [3.8, 4) is 0 Å². The van der Waals surface area contributed by atoms with E-state index >= 15 is 0 Å². The number of carboxylic acids is 1. The van der Waals surface area contributed by atoms with Crippen LogP contribution in [-0.2, 0) is 10.0 Å². The van der Waals surface area contributed by atoms with Crippen LogP contribution in [0.25, 0.3) is 0 Å². The maximum Gasteiger partial charge on any atom is 0.336 e. The molecular weight excluding hydrogens is 520 g/mol. The number of hydrogen-bond acceptors (Lipinski definition) is 3. The average Bonchev–Trinajstić information content (AvgIpc) is 2.38. The van der Waals surface area contributed by atoms with Gasteiger partial charge in [0.1, 0.15) is 0 Å². The van der Waals surface area contributed by atoms with Gasteiger partial charge in [-0.3, -0.25) is 4.72 Å². The van der Waals surface area contributed by atoms with Crippen molar-refractivity contribution < 1.29 is 18.3 Å². The summed E-state index contributed by atoms with van der Waals surface area (Å²) in [6.07, 6.45) is 0. The fraction of sp³-hybridized carbons (Fsp3) is 0. The van der Waals surface area contributed by atoms with E-state index in [1.54, 1.807) is 18.2 Å². The molecule has 0 saturated heterocycles. The second-order valence-corrected chi connectivity index (χ2v) is 8.15. The summed E-state index contributed by atoms with van der Waals surface area (Å²) >= 11 is 3.93. The monoisotopic (exact) mass is 529 g/mol. The van der Waals surface area contributed by atoms with Crippen LogP contribution in [-0.4, -0.2) is 19.5 Å². The van der Waals surface area contributed by atoms with Crippen LogP contribution in [0.2, 0.25) is 0 Å². The van der Waals surface area contributed by atoms with Crippen molar-refractivity contribution in [1.29, 1.82) is 0 Å². The minimum absolute atomic E-state index is 0.0406. The molecule has 2 aromatic carbocycles. The lowest BCUT2D eigenvalue weighted by Gasteiger charge is -2.09. The molecule has 0 saturated carbocycles. The smallest absolute Gasteiger partial charge is 0.336 e. The molecule has 21 heavy (non-hydrogen) atoms. The van der Waals surface area contributed by atoms with Gasteiger partial charge in [-0.2, -0.15) is 0 Å². The zero-order valence-corrected chi connectivity index (χ0v) is 15.5. The number of aromatic carboxylic acids is 1. The number of benzene rings is 2. The second-order valence-electron chi connectivity index (χ2n) is 4.06. The zero-order chi connectivity index (χ0) is 15.6. The Bertz CT molecular complexity index is 806. The number of carbonyl (C=O) groups is 1. The first-order valence-electron chi connectivity index (χ1n) is 5.61. The minimum Gasteiger partial charge on any atom is -0.478 e. The number of hydrogen-bond donors (Lipinski definition) is 2. The van der Waals surface area contributed by atoms with Crippen molar-refractivity contribution in [3.63, 3.8) is 0 Å². The molecule has 0 radical (unpaired) electrons. The van der Waals surface area contributed by atoms with Crippen molar-refractivity contribution in [2.75, 3.05) is 4.72 Å². The van der Waals surface area contributed by atoms with Crippen molar-refractivity contribution in [2.24, 2.45) is 0 Å². The lowest BCUT2D eigenvalue weighted by molar-refractivity contribution is 0.0695. The molecule has 0 heterocycles. The van der Waals surface area contributed by atoms with Crippen LogP contribution < -0.4 is 4.72 Å². The van der Waals surface area contributed by atoms with Gasteiger partial charge in [0.05, 0.1) is 10.5 Å². The van der Waals surface area contributed by atoms with E-state index in [0.29, 0.717) is 9.26 Å². The molecule has 0 atom stereocenters. The van der Waals surface area contributed by atoms with E-state index in [2.05, 4.69) is 27.3 Å². The van der Waals surface area contributed by atoms with Crippen molar-refractivity contribution in [3.05, 3.63) is 55.2 Å². The van der Waals surface area contributed by atoms with E-state index in [0.717, 1.165) is 9.64 Å². The molecule has 0 fully saturated rings. The van der Waals surface area contributed by atoms with E-state index in [1.165, 1.54) is 12.1 Å². The largest absolute Gasteiger partial charge is 0.478 e. The van der Waals surface area contributed by atoms with Gasteiger partial charge in [-0.05, 0) is 81.6 Å². The molecule has 8 heteroatoms. The lowest BCUT2D eigenvalue weighted by atomic mass is 10.2. The summed E-state index contributed by atoms with van der Waals surface area (Å²) in [6, 6.07) is 10.9. The first-order valence-corrected chi connectivity index (χ1v) is 9.25. The van der Waals surface area contributed by atoms with Crippen molar-refractivity contribution >= 4 is 66.9 Å². The molecule has 2 N–H and O–H groups in total. The summed E-state index contributed by atoms with van der Waals surface area (Å²) in [5.41, 5.74) is 0.387. The van der Waals surface area contributed by atoms with Gasteiger partial charge in [-0.15, -0.1) is 0 Å². The molecule has 0 aliphatic rings. The number of nitrogens with one attached hydrogen (secondary N) is 1. The maximum absolute atomic E-state index is 12.3. The Morgan fingerprint density at radius 2 is 1.81 bits per heavy atom. The topological polar surface area (TPSA) is 83.5 Å². The maximum atomic E-state index is 12.3. The van der Waals surface area contributed by atoms with E-state index < -0.39 is 16.0 Å². The lowest BCUT2D eigenvalue weighted by Crippen LogP contribution is -2.14. The highest BCUT2D eigenvalue weighted by molar-refractivity contribution is 14.1. The molecule has 0 amide bonds. The number of halogens is 2. The predicted octanol–water partition coefficient (Wildman–Crippen LogP) is 3.39.